The Morgan fingerprint density at radius 3 is 3.06 bits per heavy atom. The summed E-state index contributed by atoms with van der Waals surface area (Å²) in [6, 6.07) is 1.70. The molecule has 0 aliphatic rings. The SMILES string of the molecule is CCOC(=O)c1cncc(-c2nncs2)c1. The molecule has 2 rings (SSSR count). The Hall–Kier alpha value is -1.82. The second-order valence-electron chi connectivity index (χ2n) is 2.93. The first-order valence-corrected chi connectivity index (χ1v) is 5.58. The maximum absolute atomic E-state index is 11.5. The molecule has 16 heavy (non-hydrogen) atoms. The molecule has 0 saturated carbocycles. The maximum Gasteiger partial charge on any atom is 0.339 e. The molecule has 0 N–H and O–H groups in total. The Bertz CT molecular complexity index is 485. The fourth-order valence-electron chi connectivity index (χ4n) is 1.18. The Kier molecular flexibility index (Phi) is 3.21. The Morgan fingerprint density at radius 2 is 2.38 bits per heavy atom. The van der Waals surface area contributed by atoms with Crippen LogP contribution in [0.2, 0.25) is 0 Å². The Labute approximate surface area is 96.1 Å². The third-order valence-corrected chi connectivity index (χ3v) is 2.60. The minimum atomic E-state index is -0.374. The number of pyridine rings is 1. The summed E-state index contributed by atoms with van der Waals surface area (Å²) < 4.78 is 4.89. The fourth-order valence-corrected chi connectivity index (χ4v) is 1.72. The molecule has 2 aromatic rings. The van der Waals surface area contributed by atoms with Gasteiger partial charge in [0.1, 0.15) is 10.5 Å². The average Bonchev–Trinajstić information content (AvgIpc) is 2.83. The zero-order chi connectivity index (χ0) is 11.4. The lowest BCUT2D eigenvalue weighted by Crippen LogP contribution is -2.05. The van der Waals surface area contributed by atoms with Crippen LogP contribution in [-0.2, 0) is 4.74 Å². The quantitative estimate of drug-likeness (QED) is 0.759. The molecular formula is C10H9N3O2S. The lowest BCUT2D eigenvalue weighted by molar-refractivity contribution is 0.0526. The summed E-state index contributed by atoms with van der Waals surface area (Å²) in [5.41, 5.74) is 2.83. The zero-order valence-electron chi connectivity index (χ0n) is 8.58. The van der Waals surface area contributed by atoms with Crippen molar-refractivity contribution in [3.8, 4) is 10.6 Å². The van der Waals surface area contributed by atoms with E-state index in [9.17, 15) is 4.79 Å². The number of carbonyl (C=O) groups is 1. The van der Waals surface area contributed by atoms with Crippen molar-refractivity contribution in [1.29, 1.82) is 0 Å². The van der Waals surface area contributed by atoms with Crippen molar-refractivity contribution in [1.82, 2.24) is 15.2 Å². The Morgan fingerprint density at radius 1 is 1.50 bits per heavy atom. The molecule has 0 aromatic carbocycles. The summed E-state index contributed by atoms with van der Waals surface area (Å²) in [5.74, 6) is -0.374. The summed E-state index contributed by atoms with van der Waals surface area (Å²) in [6.07, 6.45) is 3.12. The van der Waals surface area contributed by atoms with E-state index in [-0.39, 0.29) is 5.97 Å². The van der Waals surface area contributed by atoms with Gasteiger partial charge in [0.25, 0.3) is 0 Å². The highest BCUT2D eigenvalue weighted by atomic mass is 32.1. The van der Waals surface area contributed by atoms with Crippen LogP contribution < -0.4 is 0 Å². The molecular weight excluding hydrogens is 226 g/mol. The molecule has 2 heterocycles. The number of aromatic nitrogens is 3. The summed E-state index contributed by atoms with van der Waals surface area (Å²) in [4.78, 5) is 15.5. The number of ether oxygens (including phenoxy) is 1. The highest BCUT2D eigenvalue weighted by Gasteiger charge is 2.09. The van der Waals surface area contributed by atoms with Gasteiger partial charge in [-0.25, -0.2) is 4.79 Å². The monoisotopic (exact) mass is 235 g/mol. The summed E-state index contributed by atoms with van der Waals surface area (Å²) in [5, 5.41) is 8.38. The molecule has 6 heteroatoms. The van der Waals surface area contributed by atoms with E-state index in [1.807, 2.05) is 0 Å². The number of hydrogen-bond donors (Lipinski definition) is 0. The minimum Gasteiger partial charge on any atom is -0.462 e. The van der Waals surface area contributed by atoms with Gasteiger partial charge in [0.2, 0.25) is 0 Å². The van der Waals surface area contributed by atoms with Gasteiger partial charge in [0.15, 0.2) is 0 Å². The van der Waals surface area contributed by atoms with Gasteiger partial charge in [-0.1, -0.05) is 11.3 Å². The van der Waals surface area contributed by atoms with Crippen molar-refractivity contribution in [3.05, 3.63) is 29.5 Å². The highest BCUT2D eigenvalue weighted by Crippen LogP contribution is 2.20. The molecule has 0 spiro atoms. The largest absolute Gasteiger partial charge is 0.462 e. The molecule has 0 amide bonds. The van der Waals surface area contributed by atoms with E-state index >= 15 is 0 Å². The molecule has 0 saturated heterocycles. The van der Waals surface area contributed by atoms with E-state index < -0.39 is 0 Å². The zero-order valence-corrected chi connectivity index (χ0v) is 9.40. The molecule has 0 atom stereocenters. The molecule has 2 aromatic heterocycles. The number of carbonyl (C=O) groups excluding carboxylic acids is 1. The van der Waals surface area contributed by atoms with Gasteiger partial charge in [-0.15, -0.1) is 10.2 Å². The van der Waals surface area contributed by atoms with E-state index in [2.05, 4.69) is 15.2 Å². The second kappa shape index (κ2) is 4.80. The first-order chi connectivity index (χ1) is 7.81. The second-order valence-corrected chi connectivity index (χ2v) is 3.76. The van der Waals surface area contributed by atoms with Gasteiger partial charge in [-0.3, -0.25) is 4.98 Å². The fraction of sp³-hybridized carbons (Fsp3) is 0.200. The lowest BCUT2D eigenvalue weighted by Gasteiger charge is -2.01. The van der Waals surface area contributed by atoms with Crippen LogP contribution in [0, 0.1) is 0 Å². The van der Waals surface area contributed by atoms with Gasteiger partial charge >= 0.3 is 5.97 Å². The van der Waals surface area contributed by atoms with E-state index in [4.69, 9.17) is 4.74 Å². The summed E-state index contributed by atoms with van der Waals surface area (Å²) in [7, 11) is 0. The predicted octanol–water partition coefficient (Wildman–Crippen LogP) is 1.78. The van der Waals surface area contributed by atoms with Crippen molar-refractivity contribution in [3.63, 3.8) is 0 Å². The van der Waals surface area contributed by atoms with Crippen LogP contribution in [0.4, 0.5) is 0 Å². The van der Waals surface area contributed by atoms with Gasteiger partial charge in [0, 0.05) is 18.0 Å². The van der Waals surface area contributed by atoms with Crippen molar-refractivity contribution >= 4 is 17.3 Å². The molecule has 0 aliphatic heterocycles. The van der Waals surface area contributed by atoms with Crippen LogP contribution in [0.5, 0.6) is 0 Å². The standard InChI is InChI=1S/C10H9N3O2S/c1-2-15-10(14)8-3-7(4-11-5-8)9-13-12-6-16-9/h3-6H,2H2,1H3. The molecule has 0 radical (unpaired) electrons. The van der Waals surface area contributed by atoms with Crippen molar-refractivity contribution < 1.29 is 9.53 Å². The number of rotatable bonds is 3. The predicted molar refractivity (Wildman–Crippen MR) is 59.1 cm³/mol. The van der Waals surface area contributed by atoms with E-state index in [1.165, 1.54) is 17.5 Å². The minimum absolute atomic E-state index is 0.349. The summed E-state index contributed by atoms with van der Waals surface area (Å²) >= 11 is 1.40. The third-order valence-electron chi connectivity index (χ3n) is 1.86. The highest BCUT2D eigenvalue weighted by molar-refractivity contribution is 7.12. The van der Waals surface area contributed by atoms with Crippen LogP contribution in [0.3, 0.4) is 0 Å². The van der Waals surface area contributed by atoms with Gasteiger partial charge in [-0.05, 0) is 13.0 Å². The molecule has 5 nitrogen and oxygen atoms in total. The topological polar surface area (TPSA) is 65.0 Å². The maximum atomic E-state index is 11.5. The first-order valence-electron chi connectivity index (χ1n) is 4.70. The lowest BCUT2D eigenvalue weighted by atomic mass is 10.2. The Balaban J connectivity index is 2.30. The number of hydrogen-bond acceptors (Lipinski definition) is 6. The third kappa shape index (κ3) is 2.22. The van der Waals surface area contributed by atoms with E-state index in [1.54, 1.807) is 24.7 Å². The number of esters is 1. The van der Waals surface area contributed by atoms with Crippen molar-refractivity contribution in [2.75, 3.05) is 6.61 Å². The van der Waals surface area contributed by atoms with Crippen molar-refractivity contribution in [2.24, 2.45) is 0 Å². The van der Waals surface area contributed by atoms with E-state index in [0.717, 1.165) is 10.6 Å². The van der Waals surface area contributed by atoms with E-state index in [0.29, 0.717) is 12.2 Å². The smallest absolute Gasteiger partial charge is 0.339 e. The molecule has 0 fully saturated rings. The average molecular weight is 235 g/mol. The van der Waals surface area contributed by atoms with Crippen molar-refractivity contribution in [2.45, 2.75) is 6.92 Å². The van der Waals surface area contributed by atoms with Gasteiger partial charge < -0.3 is 4.74 Å². The number of nitrogens with zero attached hydrogens (tertiary/aromatic N) is 3. The first kappa shape index (κ1) is 10.7. The molecule has 0 unspecified atom stereocenters. The van der Waals surface area contributed by atoms with Crippen LogP contribution >= 0.6 is 11.3 Å². The molecule has 82 valence electrons. The van der Waals surface area contributed by atoms with Crippen LogP contribution in [0.1, 0.15) is 17.3 Å². The van der Waals surface area contributed by atoms with Gasteiger partial charge in [0.05, 0.1) is 12.2 Å². The molecule has 0 bridgehead atoms. The normalized spacial score (nSPS) is 10.1. The van der Waals surface area contributed by atoms with Gasteiger partial charge in [-0.2, -0.15) is 0 Å². The van der Waals surface area contributed by atoms with Crippen LogP contribution in [-0.4, -0.2) is 27.8 Å². The summed E-state index contributed by atoms with van der Waals surface area (Å²) in [6.45, 7) is 2.11. The van der Waals surface area contributed by atoms with Crippen LogP contribution in [0.15, 0.2) is 24.0 Å². The van der Waals surface area contributed by atoms with Crippen LogP contribution in [0.25, 0.3) is 10.6 Å². The molecule has 0 aliphatic carbocycles.